The molecule has 0 unspecified atom stereocenters. The molecule has 198 valence electrons. The van der Waals surface area contributed by atoms with E-state index in [2.05, 4.69) is 5.32 Å². The lowest BCUT2D eigenvalue weighted by Gasteiger charge is -2.42. The zero-order valence-electron chi connectivity index (χ0n) is 21.0. The molecule has 0 aromatic heterocycles. The number of aliphatic hydroxyl groups excluding tert-OH is 3. The molecule has 1 aromatic carbocycles. The van der Waals surface area contributed by atoms with Gasteiger partial charge in [-0.05, 0) is 36.6 Å². The molecule has 3 aliphatic rings. The van der Waals surface area contributed by atoms with Crippen LogP contribution in [0, 0.1) is 5.92 Å². The van der Waals surface area contributed by atoms with Crippen molar-refractivity contribution >= 4 is 11.8 Å². The number of nitrogens with one attached hydrogen (secondary N) is 1. The molecule has 1 fully saturated rings. The van der Waals surface area contributed by atoms with Gasteiger partial charge in [0, 0.05) is 36.8 Å². The lowest BCUT2D eigenvalue weighted by atomic mass is 9.77. The zero-order valence-corrected chi connectivity index (χ0v) is 21.0. The number of carbonyl (C=O) groups excluding carboxylic acids is 2. The minimum atomic E-state index is -1.14. The minimum Gasteiger partial charge on any atom is -0.493 e. The number of rotatable bonds is 9. The normalized spacial score (nSPS) is 26.6. The van der Waals surface area contributed by atoms with Gasteiger partial charge in [0.25, 0.3) is 0 Å². The molecule has 2 heterocycles. The molecule has 1 aliphatic carbocycles. The summed E-state index contributed by atoms with van der Waals surface area (Å²) in [6.45, 7) is 4.10. The van der Waals surface area contributed by atoms with Crippen molar-refractivity contribution in [1.29, 1.82) is 0 Å². The van der Waals surface area contributed by atoms with Gasteiger partial charge in [0.05, 0.1) is 38.4 Å². The van der Waals surface area contributed by atoms with Gasteiger partial charge < -0.3 is 39.7 Å². The summed E-state index contributed by atoms with van der Waals surface area (Å²) >= 11 is 0. The summed E-state index contributed by atoms with van der Waals surface area (Å²) in [5.41, 5.74) is 1.53. The lowest BCUT2D eigenvalue weighted by molar-refractivity contribution is -0.142. The standard InChI is InChI=1S/C26H36N2O8/c1-14(2)26(33)28(12-16-5-4-8-35-16)19-11-18(25(32)27-6-7-29)21-17-9-15(13-30)10-20(34-3)23(17)36-24(21)22(19)31/h9-11,14,16,19,21-22,24,29-31H,4-8,12-13H2,1-3H3,(H,27,32)/t16-,19+,21-,22-,24-/m0/s1. The molecule has 4 N–H and O–H groups in total. The average Bonchev–Trinajstić information content (AvgIpc) is 3.53. The average molecular weight is 505 g/mol. The van der Waals surface area contributed by atoms with Crippen LogP contribution in [0.4, 0.5) is 0 Å². The van der Waals surface area contributed by atoms with E-state index < -0.39 is 30.1 Å². The van der Waals surface area contributed by atoms with E-state index in [4.69, 9.17) is 14.2 Å². The second kappa shape index (κ2) is 11.2. The van der Waals surface area contributed by atoms with Crippen LogP contribution in [-0.2, 0) is 20.9 Å². The smallest absolute Gasteiger partial charge is 0.247 e. The molecule has 5 atom stereocenters. The highest BCUT2D eigenvalue weighted by atomic mass is 16.5. The van der Waals surface area contributed by atoms with Gasteiger partial charge in [0.2, 0.25) is 11.8 Å². The van der Waals surface area contributed by atoms with Gasteiger partial charge in [-0.2, -0.15) is 0 Å². The van der Waals surface area contributed by atoms with Crippen molar-refractivity contribution in [2.75, 3.05) is 33.4 Å². The first kappa shape index (κ1) is 26.4. The first-order valence-corrected chi connectivity index (χ1v) is 12.5. The summed E-state index contributed by atoms with van der Waals surface area (Å²) < 4.78 is 17.5. The zero-order chi connectivity index (χ0) is 26.0. The maximum absolute atomic E-state index is 13.3. The Balaban J connectivity index is 1.79. The van der Waals surface area contributed by atoms with Gasteiger partial charge in [-0.3, -0.25) is 9.59 Å². The number of ether oxygens (including phenoxy) is 3. The Hall–Kier alpha value is -2.66. The predicted octanol–water partition coefficient (Wildman–Crippen LogP) is 0.474. The van der Waals surface area contributed by atoms with E-state index in [0.29, 0.717) is 41.4 Å². The van der Waals surface area contributed by atoms with E-state index in [0.717, 1.165) is 12.8 Å². The number of hydrogen-bond acceptors (Lipinski definition) is 8. The molecule has 2 amide bonds. The topological polar surface area (TPSA) is 138 Å². The van der Waals surface area contributed by atoms with Gasteiger partial charge in [-0.15, -0.1) is 0 Å². The Kier molecular flexibility index (Phi) is 8.19. The van der Waals surface area contributed by atoms with Crippen LogP contribution in [0.15, 0.2) is 23.8 Å². The monoisotopic (exact) mass is 504 g/mol. The number of aliphatic hydroxyl groups is 3. The van der Waals surface area contributed by atoms with Crippen molar-refractivity contribution in [3.63, 3.8) is 0 Å². The second-order valence-electron chi connectivity index (χ2n) is 9.80. The molecule has 2 aliphatic heterocycles. The Labute approximate surface area is 210 Å². The molecule has 10 nitrogen and oxygen atoms in total. The summed E-state index contributed by atoms with van der Waals surface area (Å²) in [7, 11) is 1.48. The van der Waals surface area contributed by atoms with Crippen LogP contribution in [0.1, 0.15) is 43.7 Å². The summed E-state index contributed by atoms with van der Waals surface area (Å²) in [5, 5.41) is 33.3. The number of nitrogens with zero attached hydrogens (tertiary/aromatic N) is 1. The SMILES string of the molecule is COc1cc(CO)cc2c1O[C@@H]1[C@@H](O)[C@H](N(C[C@@H]3CCCO3)C(=O)C(C)C)C=C(C(=O)NCCO)[C@H]21. The quantitative estimate of drug-likeness (QED) is 0.381. The summed E-state index contributed by atoms with van der Waals surface area (Å²) in [4.78, 5) is 28.2. The van der Waals surface area contributed by atoms with E-state index in [1.54, 1.807) is 37.0 Å². The molecule has 0 radical (unpaired) electrons. The third-order valence-electron chi connectivity index (χ3n) is 7.06. The molecule has 0 bridgehead atoms. The van der Waals surface area contributed by atoms with Gasteiger partial charge in [0.1, 0.15) is 12.2 Å². The molecule has 4 rings (SSSR count). The lowest BCUT2D eigenvalue weighted by Crippen LogP contribution is -2.57. The first-order chi connectivity index (χ1) is 17.3. The minimum absolute atomic E-state index is 0.0546. The van der Waals surface area contributed by atoms with Gasteiger partial charge >= 0.3 is 0 Å². The summed E-state index contributed by atoms with van der Waals surface area (Å²) in [5.74, 6) is -0.773. The molecule has 0 spiro atoms. The second-order valence-corrected chi connectivity index (χ2v) is 9.80. The van der Waals surface area contributed by atoms with Crippen LogP contribution in [0.2, 0.25) is 0 Å². The molecule has 1 saturated heterocycles. The van der Waals surface area contributed by atoms with Crippen molar-refractivity contribution in [3.05, 3.63) is 34.9 Å². The largest absolute Gasteiger partial charge is 0.493 e. The Morgan fingerprint density at radius 3 is 2.67 bits per heavy atom. The van der Waals surface area contributed by atoms with Crippen LogP contribution in [-0.4, -0.2) is 89.8 Å². The Morgan fingerprint density at radius 2 is 2.06 bits per heavy atom. The third kappa shape index (κ3) is 4.95. The summed E-state index contributed by atoms with van der Waals surface area (Å²) in [6.07, 6.45) is 1.22. The highest BCUT2D eigenvalue weighted by Gasteiger charge is 2.51. The molecule has 36 heavy (non-hydrogen) atoms. The maximum atomic E-state index is 13.3. The number of methoxy groups -OCH3 is 1. The van der Waals surface area contributed by atoms with E-state index in [1.165, 1.54) is 7.11 Å². The number of hydrogen-bond donors (Lipinski definition) is 4. The molecule has 0 saturated carbocycles. The molecular weight excluding hydrogens is 468 g/mol. The Bertz CT molecular complexity index is 1000. The number of benzene rings is 1. The first-order valence-electron chi connectivity index (χ1n) is 12.5. The van der Waals surface area contributed by atoms with Crippen molar-refractivity contribution in [2.24, 2.45) is 5.92 Å². The van der Waals surface area contributed by atoms with Crippen LogP contribution < -0.4 is 14.8 Å². The fourth-order valence-corrected chi connectivity index (χ4v) is 5.32. The van der Waals surface area contributed by atoms with Gasteiger partial charge in [-0.25, -0.2) is 0 Å². The molecule has 1 aromatic rings. The fourth-order valence-electron chi connectivity index (χ4n) is 5.32. The van der Waals surface area contributed by atoms with Gasteiger partial charge in [-0.1, -0.05) is 13.8 Å². The maximum Gasteiger partial charge on any atom is 0.247 e. The number of carbonyl (C=O) groups is 2. The Morgan fingerprint density at radius 1 is 1.28 bits per heavy atom. The highest BCUT2D eigenvalue weighted by Crippen LogP contribution is 2.51. The van der Waals surface area contributed by atoms with Crippen LogP contribution in [0.5, 0.6) is 11.5 Å². The van der Waals surface area contributed by atoms with Crippen LogP contribution in [0.3, 0.4) is 0 Å². The van der Waals surface area contributed by atoms with E-state index in [9.17, 15) is 24.9 Å². The van der Waals surface area contributed by atoms with Crippen molar-refractivity contribution < 1.29 is 39.1 Å². The van der Waals surface area contributed by atoms with E-state index >= 15 is 0 Å². The third-order valence-corrected chi connectivity index (χ3v) is 7.06. The fraction of sp³-hybridized carbons (Fsp3) is 0.615. The number of fused-ring (bicyclic) bond motifs is 3. The predicted molar refractivity (Wildman–Crippen MR) is 130 cm³/mol. The molecular formula is C26H36N2O8. The molecule has 10 heteroatoms. The van der Waals surface area contributed by atoms with E-state index in [1.807, 2.05) is 0 Å². The van der Waals surface area contributed by atoms with Gasteiger partial charge in [0.15, 0.2) is 11.5 Å². The van der Waals surface area contributed by atoms with Crippen LogP contribution in [0.25, 0.3) is 0 Å². The number of amides is 2. The van der Waals surface area contributed by atoms with Crippen molar-refractivity contribution in [1.82, 2.24) is 10.2 Å². The summed E-state index contributed by atoms with van der Waals surface area (Å²) in [6, 6.07) is 2.57. The highest BCUT2D eigenvalue weighted by molar-refractivity contribution is 5.96. The van der Waals surface area contributed by atoms with Crippen molar-refractivity contribution in [3.8, 4) is 11.5 Å². The van der Waals surface area contributed by atoms with E-state index in [-0.39, 0.29) is 37.7 Å². The van der Waals surface area contributed by atoms with Crippen LogP contribution >= 0.6 is 0 Å². The van der Waals surface area contributed by atoms with Crippen molar-refractivity contribution in [2.45, 2.75) is 63.6 Å².